The minimum absolute atomic E-state index is 0.0533. The van der Waals surface area contributed by atoms with E-state index < -0.39 is 0 Å². The second-order valence-corrected chi connectivity index (χ2v) is 5.59. The van der Waals surface area contributed by atoms with Crippen molar-refractivity contribution in [2.24, 2.45) is 7.05 Å². The van der Waals surface area contributed by atoms with Gasteiger partial charge < -0.3 is 10.1 Å². The van der Waals surface area contributed by atoms with Gasteiger partial charge in [-0.25, -0.2) is 0 Å². The highest BCUT2D eigenvalue weighted by Crippen LogP contribution is 2.34. The van der Waals surface area contributed by atoms with E-state index in [1.54, 1.807) is 13.1 Å². The van der Waals surface area contributed by atoms with Gasteiger partial charge in [0.05, 0.1) is 12.1 Å². The first-order valence-electron chi connectivity index (χ1n) is 6.80. The molecule has 5 nitrogen and oxygen atoms in total. The van der Waals surface area contributed by atoms with Crippen molar-refractivity contribution in [3.63, 3.8) is 0 Å². The second kappa shape index (κ2) is 5.41. The third-order valence-electron chi connectivity index (χ3n) is 3.55. The zero-order chi connectivity index (χ0) is 15.0. The second-order valence-electron chi connectivity index (χ2n) is 5.20. The maximum Gasteiger partial charge on any atom is 0.272 e. The SMILES string of the molecule is C[C@@H]1C[C@@H](NC(=O)c2cc(Cl)n(C)n2)c2ccccc2O1. The Morgan fingerprint density at radius 3 is 2.95 bits per heavy atom. The largest absolute Gasteiger partial charge is 0.490 e. The van der Waals surface area contributed by atoms with Crippen LogP contribution in [0.2, 0.25) is 5.15 Å². The number of carbonyl (C=O) groups is 1. The number of amides is 1. The van der Waals surface area contributed by atoms with E-state index in [0.717, 1.165) is 17.7 Å². The van der Waals surface area contributed by atoms with E-state index in [4.69, 9.17) is 16.3 Å². The molecular formula is C15H16ClN3O2. The average molecular weight is 306 g/mol. The molecule has 1 aliphatic rings. The molecule has 6 heteroatoms. The lowest BCUT2D eigenvalue weighted by atomic mass is 9.97. The maximum absolute atomic E-state index is 12.3. The van der Waals surface area contributed by atoms with Crippen LogP contribution in [0.15, 0.2) is 30.3 Å². The van der Waals surface area contributed by atoms with Crippen molar-refractivity contribution < 1.29 is 9.53 Å². The Kier molecular flexibility index (Phi) is 3.59. The molecule has 2 aromatic rings. The molecule has 3 rings (SSSR count). The summed E-state index contributed by atoms with van der Waals surface area (Å²) in [6.07, 6.45) is 0.779. The van der Waals surface area contributed by atoms with Crippen LogP contribution >= 0.6 is 11.6 Å². The van der Waals surface area contributed by atoms with Gasteiger partial charge in [0.1, 0.15) is 10.9 Å². The van der Waals surface area contributed by atoms with Gasteiger partial charge in [-0.05, 0) is 13.0 Å². The highest BCUT2D eigenvalue weighted by atomic mass is 35.5. The quantitative estimate of drug-likeness (QED) is 0.928. The van der Waals surface area contributed by atoms with Gasteiger partial charge in [0.25, 0.3) is 5.91 Å². The molecule has 0 bridgehead atoms. The highest BCUT2D eigenvalue weighted by molar-refractivity contribution is 6.29. The summed E-state index contributed by atoms with van der Waals surface area (Å²) in [6.45, 7) is 1.99. The van der Waals surface area contributed by atoms with E-state index >= 15 is 0 Å². The van der Waals surface area contributed by atoms with Crippen molar-refractivity contribution in [2.45, 2.75) is 25.5 Å². The van der Waals surface area contributed by atoms with Crippen molar-refractivity contribution >= 4 is 17.5 Å². The van der Waals surface area contributed by atoms with Crippen LogP contribution < -0.4 is 10.1 Å². The predicted molar refractivity (Wildman–Crippen MR) is 79.6 cm³/mol. The minimum Gasteiger partial charge on any atom is -0.490 e. The van der Waals surface area contributed by atoms with Gasteiger partial charge in [-0.3, -0.25) is 9.48 Å². The normalized spacial score (nSPS) is 20.5. The summed E-state index contributed by atoms with van der Waals surface area (Å²) < 4.78 is 7.25. The molecule has 0 aliphatic carbocycles. The van der Waals surface area contributed by atoms with Crippen molar-refractivity contribution in [2.75, 3.05) is 0 Å². The number of rotatable bonds is 2. The molecule has 110 valence electrons. The van der Waals surface area contributed by atoms with Crippen molar-refractivity contribution in [1.29, 1.82) is 0 Å². The number of ether oxygens (including phenoxy) is 1. The van der Waals surface area contributed by atoms with Crippen LogP contribution in [0.25, 0.3) is 0 Å². The van der Waals surface area contributed by atoms with E-state index in [0.29, 0.717) is 10.8 Å². The Balaban J connectivity index is 1.83. The van der Waals surface area contributed by atoms with Gasteiger partial charge in [0.15, 0.2) is 5.69 Å². The average Bonchev–Trinajstić information content (AvgIpc) is 2.78. The number of hydrogen-bond donors (Lipinski definition) is 1. The minimum atomic E-state index is -0.230. The van der Waals surface area contributed by atoms with Crippen LogP contribution in [0.5, 0.6) is 5.75 Å². The number of halogens is 1. The molecule has 0 fully saturated rings. The zero-order valence-corrected chi connectivity index (χ0v) is 12.6. The Labute approximate surface area is 127 Å². The third kappa shape index (κ3) is 2.74. The summed E-state index contributed by atoms with van der Waals surface area (Å²) in [7, 11) is 1.70. The monoisotopic (exact) mass is 305 g/mol. The van der Waals surface area contributed by atoms with Crippen LogP contribution in [0, 0.1) is 0 Å². The van der Waals surface area contributed by atoms with E-state index in [9.17, 15) is 4.79 Å². The molecule has 0 unspecified atom stereocenters. The number of nitrogens with zero attached hydrogens (tertiary/aromatic N) is 2. The predicted octanol–water partition coefficient (Wildman–Crippen LogP) is 2.72. The lowest BCUT2D eigenvalue weighted by Crippen LogP contribution is -2.35. The van der Waals surface area contributed by atoms with Gasteiger partial charge in [-0.2, -0.15) is 5.10 Å². The van der Waals surface area contributed by atoms with Crippen LogP contribution in [0.4, 0.5) is 0 Å². The number of nitrogens with one attached hydrogen (secondary N) is 1. The Hall–Kier alpha value is -2.01. The van der Waals surface area contributed by atoms with Crippen molar-refractivity contribution in [1.82, 2.24) is 15.1 Å². The Morgan fingerprint density at radius 2 is 2.24 bits per heavy atom. The smallest absolute Gasteiger partial charge is 0.272 e. The topological polar surface area (TPSA) is 56.2 Å². The lowest BCUT2D eigenvalue weighted by molar-refractivity contribution is 0.0901. The number of aryl methyl sites for hydroxylation is 1. The molecule has 1 aromatic carbocycles. The van der Waals surface area contributed by atoms with E-state index in [1.165, 1.54) is 4.68 Å². The first-order valence-corrected chi connectivity index (χ1v) is 7.18. The van der Waals surface area contributed by atoms with Gasteiger partial charge in [-0.1, -0.05) is 29.8 Å². The van der Waals surface area contributed by atoms with Crippen LogP contribution in [0.3, 0.4) is 0 Å². The molecule has 0 saturated carbocycles. The molecule has 1 amide bonds. The van der Waals surface area contributed by atoms with Crippen LogP contribution in [-0.2, 0) is 7.05 Å². The number of hydrogen-bond acceptors (Lipinski definition) is 3. The number of aromatic nitrogens is 2. The first kappa shape index (κ1) is 13.9. The summed E-state index contributed by atoms with van der Waals surface area (Å²) >= 11 is 5.92. The summed E-state index contributed by atoms with van der Waals surface area (Å²) in [6, 6.07) is 9.23. The molecule has 2 heterocycles. The van der Waals surface area contributed by atoms with Crippen molar-refractivity contribution in [3.05, 3.63) is 46.7 Å². The standard InChI is InChI=1S/C15H16ClN3O2/c1-9-7-11(10-5-3-4-6-13(10)21-9)17-15(20)12-8-14(16)19(2)18-12/h3-6,8-9,11H,7H2,1-2H3,(H,17,20)/t9-,11-/m1/s1. The fourth-order valence-electron chi connectivity index (χ4n) is 2.52. The van der Waals surface area contributed by atoms with Gasteiger partial charge in [0.2, 0.25) is 0 Å². The van der Waals surface area contributed by atoms with Crippen LogP contribution in [-0.4, -0.2) is 21.8 Å². The molecule has 21 heavy (non-hydrogen) atoms. The Morgan fingerprint density at radius 1 is 1.48 bits per heavy atom. The van der Waals surface area contributed by atoms with Crippen LogP contribution in [0.1, 0.15) is 35.4 Å². The van der Waals surface area contributed by atoms with E-state index in [2.05, 4.69) is 10.4 Å². The van der Waals surface area contributed by atoms with Gasteiger partial charge in [0, 0.05) is 25.1 Å². The summed E-state index contributed by atoms with van der Waals surface area (Å²) in [5, 5.41) is 7.53. The first-order chi connectivity index (χ1) is 10.0. The van der Waals surface area contributed by atoms with Crippen molar-refractivity contribution in [3.8, 4) is 5.75 Å². The fraction of sp³-hybridized carbons (Fsp3) is 0.333. The summed E-state index contributed by atoms with van der Waals surface area (Å²) in [5.74, 6) is 0.590. The number of carbonyl (C=O) groups excluding carboxylic acids is 1. The van der Waals surface area contributed by atoms with E-state index in [1.807, 2.05) is 31.2 Å². The molecule has 0 radical (unpaired) electrons. The third-order valence-corrected chi connectivity index (χ3v) is 3.90. The molecule has 0 saturated heterocycles. The molecule has 1 aromatic heterocycles. The fourth-order valence-corrected chi connectivity index (χ4v) is 2.66. The Bertz CT molecular complexity index is 664. The molecule has 1 N–H and O–H groups in total. The highest BCUT2D eigenvalue weighted by Gasteiger charge is 2.27. The molecular weight excluding hydrogens is 290 g/mol. The number of para-hydroxylation sites is 1. The lowest BCUT2D eigenvalue weighted by Gasteiger charge is -2.30. The maximum atomic E-state index is 12.3. The van der Waals surface area contributed by atoms with Gasteiger partial charge in [-0.15, -0.1) is 0 Å². The number of fused-ring (bicyclic) bond motifs is 1. The van der Waals surface area contributed by atoms with E-state index in [-0.39, 0.29) is 18.1 Å². The zero-order valence-electron chi connectivity index (χ0n) is 11.8. The summed E-state index contributed by atoms with van der Waals surface area (Å²) in [4.78, 5) is 12.3. The molecule has 1 aliphatic heterocycles. The molecule has 0 spiro atoms. The number of benzene rings is 1. The van der Waals surface area contributed by atoms with Gasteiger partial charge >= 0.3 is 0 Å². The molecule has 2 atom stereocenters. The summed E-state index contributed by atoms with van der Waals surface area (Å²) in [5.41, 5.74) is 1.31.